The minimum absolute atomic E-state index is 0.208. The van der Waals surface area contributed by atoms with Crippen LogP contribution in [0.4, 0.5) is 11.4 Å². The standard InChI is InChI=1S/C13H23N3O2S/c1-9(2)10(3)15-13-8-11(6-7-12(13)14)19(17,18)16(4)5/h6-10,15H,14H2,1-5H3. The van der Waals surface area contributed by atoms with E-state index in [1.807, 2.05) is 6.92 Å². The largest absolute Gasteiger partial charge is 0.397 e. The smallest absolute Gasteiger partial charge is 0.242 e. The number of nitrogens with one attached hydrogen (secondary N) is 1. The van der Waals surface area contributed by atoms with Crippen LogP contribution in [0.15, 0.2) is 23.1 Å². The first-order valence-corrected chi connectivity index (χ1v) is 7.69. The van der Waals surface area contributed by atoms with Gasteiger partial charge in [-0.15, -0.1) is 0 Å². The number of nitrogens with zero attached hydrogens (tertiary/aromatic N) is 1. The first kappa shape index (κ1) is 15.8. The Balaban J connectivity index is 3.15. The van der Waals surface area contributed by atoms with Crippen LogP contribution in [0, 0.1) is 5.92 Å². The van der Waals surface area contributed by atoms with Gasteiger partial charge < -0.3 is 11.1 Å². The summed E-state index contributed by atoms with van der Waals surface area (Å²) in [5.41, 5.74) is 7.09. The number of nitrogen functional groups attached to an aromatic ring is 1. The molecule has 0 spiro atoms. The van der Waals surface area contributed by atoms with Gasteiger partial charge in [-0.2, -0.15) is 0 Å². The predicted molar refractivity (Wildman–Crippen MR) is 79.6 cm³/mol. The third-order valence-electron chi connectivity index (χ3n) is 3.19. The lowest BCUT2D eigenvalue weighted by atomic mass is 10.1. The monoisotopic (exact) mass is 285 g/mol. The van der Waals surface area contributed by atoms with E-state index in [2.05, 4.69) is 19.2 Å². The SMILES string of the molecule is CC(C)C(C)Nc1cc(S(=O)(=O)N(C)C)ccc1N. The second kappa shape index (κ2) is 5.79. The van der Waals surface area contributed by atoms with Gasteiger partial charge in [0.05, 0.1) is 16.3 Å². The lowest BCUT2D eigenvalue weighted by Crippen LogP contribution is -2.24. The molecule has 0 aromatic heterocycles. The second-order valence-electron chi connectivity index (χ2n) is 5.21. The molecule has 1 rings (SSSR count). The summed E-state index contributed by atoms with van der Waals surface area (Å²) in [6.07, 6.45) is 0. The summed E-state index contributed by atoms with van der Waals surface area (Å²) in [6, 6.07) is 4.94. The molecule has 0 bridgehead atoms. The molecule has 0 saturated heterocycles. The average Bonchev–Trinajstić information content (AvgIpc) is 2.31. The number of sulfonamides is 1. The van der Waals surface area contributed by atoms with Crippen LogP contribution in [0.5, 0.6) is 0 Å². The van der Waals surface area contributed by atoms with E-state index in [1.54, 1.807) is 12.1 Å². The molecule has 0 saturated carbocycles. The van der Waals surface area contributed by atoms with Gasteiger partial charge in [-0.1, -0.05) is 13.8 Å². The van der Waals surface area contributed by atoms with E-state index >= 15 is 0 Å². The third kappa shape index (κ3) is 3.61. The van der Waals surface area contributed by atoms with Gasteiger partial charge >= 0.3 is 0 Å². The molecule has 0 fully saturated rings. The molecule has 3 N–H and O–H groups in total. The van der Waals surface area contributed by atoms with Crippen LogP contribution in [0.3, 0.4) is 0 Å². The van der Waals surface area contributed by atoms with Gasteiger partial charge in [0.25, 0.3) is 0 Å². The molecule has 0 aliphatic heterocycles. The Morgan fingerprint density at radius 3 is 2.26 bits per heavy atom. The maximum Gasteiger partial charge on any atom is 0.242 e. The highest BCUT2D eigenvalue weighted by Crippen LogP contribution is 2.25. The molecule has 108 valence electrons. The van der Waals surface area contributed by atoms with Crippen LogP contribution >= 0.6 is 0 Å². The van der Waals surface area contributed by atoms with Crippen molar-refractivity contribution >= 4 is 21.4 Å². The number of rotatable bonds is 5. The molecule has 1 atom stereocenters. The van der Waals surface area contributed by atoms with Gasteiger partial charge in [-0.3, -0.25) is 0 Å². The number of nitrogens with two attached hydrogens (primary N) is 1. The van der Waals surface area contributed by atoms with Gasteiger partial charge in [-0.05, 0) is 31.0 Å². The van der Waals surface area contributed by atoms with E-state index in [0.717, 1.165) is 0 Å². The van der Waals surface area contributed by atoms with Crippen LogP contribution < -0.4 is 11.1 Å². The van der Waals surface area contributed by atoms with E-state index < -0.39 is 10.0 Å². The van der Waals surface area contributed by atoms with Crippen molar-refractivity contribution < 1.29 is 8.42 Å². The zero-order valence-electron chi connectivity index (χ0n) is 12.1. The normalized spacial score (nSPS) is 13.8. The van der Waals surface area contributed by atoms with Crippen LogP contribution in [0.25, 0.3) is 0 Å². The van der Waals surface area contributed by atoms with Crippen molar-refractivity contribution in [2.45, 2.75) is 31.7 Å². The fraction of sp³-hybridized carbons (Fsp3) is 0.538. The Labute approximate surface area is 115 Å². The summed E-state index contributed by atoms with van der Waals surface area (Å²) in [4.78, 5) is 0.241. The van der Waals surface area contributed by atoms with Crippen molar-refractivity contribution in [1.29, 1.82) is 0 Å². The highest BCUT2D eigenvalue weighted by atomic mass is 32.2. The Morgan fingerprint density at radius 1 is 1.21 bits per heavy atom. The maximum absolute atomic E-state index is 12.1. The van der Waals surface area contributed by atoms with E-state index in [1.165, 1.54) is 24.5 Å². The highest BCUT2D eigenvalue weighted by Gasteiger charge is 2.19. The Bertz CT molecular complexity index is 539. The van der Waals surface area contributed by atoms with Crippen molar-refractivity contribution in [2.24, 2.45) is 5.92 Å². The van der Waals surface area contributed by atoms with E-state index in [9.17, 15) is 8.42 Å². The number of hydrogen-bond donors (Lipinski definition) is 2. The molecule has 0 heterocycles. The van der Waals surface area contributed by atoms with Gasteiger partial charge in [0.1, 0.15) is 0 Å². The summed E-state index contributed by atoms with van der Waals surface area (Å²) in [5, 5.41) is 3.25. The van der Waals surface area contributed by atoms with Crippen LogP contribution in [0.1, 0.15) is 20.8 Å². The third-order valence-corrected chi connectivity index (χ3v) is 5.00. The topological polar surface area (TPSA) is 75.4 Å². The molecule has 0 aliphatic rings. The quantitative estimate of drug-likeness (QED) is 0.811. The Hall–Kier alpha value is -1.27. The highest BCUT2D eigenvalue weighted by molar-refractivity contribution is 7.89. The molecule has 1 unspecified atom stereocenters. The average molecular weight is 285 g/mol. The van der Waals surface area contributed by atoms with Gasteiger partial charge in [-0.25, -0.2) is 12.7 Å². The summed E-state index contributed by atoms with van der Waals surface area (Å²) >= 11 is 0. The minimum atomic E-state index is -3.43. The van der Waals surface area contributed by atoms with Gasteiger partial charge in [0.15, 0.2) is 0 Å². The summed E-state index contributed by atoms with van der Waals surface area (Å²) < 4.78 is 25.3. The van der Waals surface area contributed by atoms with Crippen molar-refractivity contribution in [2.75, 3.05) is 25.1 Å². The lowest BCUT2D eigenvalue weighted by molar-refractivity contribution is 0.520. The first-order chi connectivity index (χ1) is 8.66. The van der Waals surface area contributed by atoms with Crippen LogP contribution in [-0.4, -0.2) is 32.9 Å². The van der Waals surface area contributed by atoms with Crippen molar-refractivity contribution in [3.05, 3.63) is 18.2 Å². The molecule has 5 nitrogen and oxygen atoms in total. The predicted octanol–water partition coefficient (Wildman–Crippen LogP) is 1.98. The van der Waals surface area contributed by atoms with E-state index in [-0.39, 0.29) is 10.9 Å². The zero-order valence-corrected chi connectivity index (χ0v) is 13.0. The molecule has 0 radical (unpaired) electrons. The molecule has 6 heteroatoms. The summed E-state index contributed by atoms with van der Waals surface area (Å²) in [6.45, 7) is 6.22. The Kier molecular flexibility index (Phi) is 4.81. The minimum Gasteiger partial charge on any atom is -0.397 e. The fourth-order valence-corrected chi connectivity index (χ4v) is 2.37. The molecule has 0 aliphatic carbocycles. The number of anilines is 2. The molecule has 1 aromatic carbocycles. The second-order valence-corrected chi connectivity index (χ2v) is 7.37. The molecule has 1 aromatic rings. The van der Waals surface area contributed by atoms with E-state index in [4.69, 9.17) is 5.73 Å². The molecular weight excluding hydrogens is 262 g/mol. The zero-order chi connectivity index (χ0) is 14.8. The molecule has 19 heavy (non-hydrogen) atoms. The first-order valence-electron chi connectivity index (χ1n) is 6.25. The van der Waals surface area contributed by atoms with Crippen molar-refractivity contribution in [1.82, 2.24) is 4.31 Å². The van der Waals surface area contributed by atoms with Gasteiger partial charge in [0, 0.05) is 20.1 Å². The van der Waals surface area contributed by atoms with Crippen LogP contribution in [-0.2, 0) is 10.0 Å². The number of benzene rings is 1. The van der Waals surface area contributed by atoms with Crippen LogP contribution in [0.2, 0.25) is 0 Å². The van der Waals surface area contributed by atoms with Crippen molar-refractivity contribution in [3.8, 4) is 0 Å². The van der Waals surface area contributed by atoms with E-state index in [0.29, 0.717) is 17.3 Å². The Morgan fingerprint density at radius 2 is 1.79 bits per heavy atom. The lowest BCUT2D eigenvalue weighted by Gasteiger charge is -2.21. The number of hydrogen-bond acceptors (Lipinski definition) is 4. The van der Waals surface area contributed by atoms with Crippen molar-refractivity contribution in [3.63, 3.8) is 0 Å². The maximum atomic E-state index is 12.1. The molecular formula is C13H23N3O2S. The molecule has 0 amide bonds. The summed E-state index contributed by atoms with van der Waals surface area (Å²) in [7, 11) is -0.416. The van der Waals surface area contributed by atoms with Gasteiger partial charge in [0.2, 0.25) is 10.0 Å². The summed E-state index contributed by atoms with van der Waals surface area (Å²) in [5.74, 6) is 0.425. The fourth-order valence-electron chi connectivity index (χ4n) is 1.44.